The van der Waals surface area contributed by atoms with E-state index >= 15 is 0 Å². The largest absolute Gasteiger partial charge is 0.356 e. The molecule has 1 aliphatic rings. The molecule has 0 spiro atoms. The molecule has 1 saturated heterocycles. The predicted octanol–water partition coefficient (Wildman–Crippen LogP) is 2.96. The number of benzene rings is 1. The van der Waals surface area contributed by atoms with Crippen molar-refractivity contribution in [2.45, 2.75) is 19.8 Å². The molecule has 0 radical (unpaired) electrons. The van der Waals surface area contributed by atoms with Gasteiger partial charge in [-0.1, -0.05) is 18.2 Å². The number of pyridine rings is 1. The standard InChI is InChI=1S/C16H18N2O/c1-12-9-14-6-2-3-7-15(14)17-16(12)18-8-4-5-13(10-18)11-19/h2-3,6-7,9,11,13H,4-5,8,10H2,1H3. The summed E-state index contributed by atoms with van der Waals surface area (Å²) in [6, 6.07) is 10.4. The maximum Gasteiger partial charge on any atom is 0.132 e. The second kappa shape index (κ2) is 5.00. The molecule has 2 aromatic rings. The topological polar surface area (TPSA) is 33.2 Å². The van der Waals surface area contributed by atoms with Gasteiger partial charge in [0.1, 0.15) is 12.1 Å². The molecule has 3 rings (SSSR count). The normalized spacial score (nSPS) is 19.6. The van der Waals surface area contributed by atoms with Crippen LogP contribution in [0.4, 0.5) is 5.82 Å². The van der Waals surface area contributed by atoms with Gasteiger partial charge in [0.15, 0.2) is 0 Å². The zero-order valence-corrected chi connectivity index (χ0v) is 11.2. The van der Waals surface area contributed by atoms with E-state index in [4.69, 9.17) is 4.98 Å². The molecular weight excluding hydrogens is 236 g/mol. The summed E-state index contributed by atoms with van der Waals surface area (Å²) < 4.78 is 0. The van der Waals surface area contributed by atoms with Crippen LogP contribution >= 0.6 is 0 Å². The van der Waals surface area contributed by atoms with Gasteiger partial charge in [-0.05, 0) is 37.5 Å². The lowest BCUT2D eigenvalue weighted by Crippen LogP contribution is -2.36. The molecule has 3 heteroatoms. The first-order valence-electron chi connectivity index (χ1n) is 6.84. The van der Waals surface area contributed by atoms with Crippen molar-refractivity contribution in [2.24, 2.45) is 5.92 Å². The Morgan fingerprint density at radius 3 is 3.05 bits per heavy atom. The summed E-state index contributed by atoms with van der Waals surface area (Å²) in [7, 11) is 0. The number of nitrogens with zero attached hydrogens (tertiary/aromatic N) is 2. The number of carbonyl (C=O) groups is 1. The zero-order valence-electron chi connectivity index (χ0n) is 11.2. The highest BCUT2D eigenvalue weighted by atomic mass is 16.1. The van der Waals surface area contributed by atoms with Gasteiger partial charge in [0, 0.05) is 24.4 Å². The fraction of sp³-hybridized carbons (Fsp3) is 0.375. The number of aromatic nitrogens is 1. The molecule has 0 bridgehead atoms. The highest BCUT2D eigenvalue weighted by Gasteiger charge is 2.21. The quantitative estimate of drug-likeness (QED) is 0.772. The fourth-order valence-electron chi connectivity index (χ4n) is 2.85. The summed E-state index contributed by atoms with van der Waals surface area (Å²) in [6.07, 6.45) is 3.16. The lowest BCUT2D eigenvalue weighted by atomic mass is 9.99. The van der Waals surface area contributed by atoms with Crippen LogP contribution in [0.1, 0.15) is 18.4 Å². The van der Waals surface area contributed by atoms with Crippen molar-refractivity contribution in [3.05, 3.63) is 35.9 Å². The maximum absolute atomic E-state index is 11.0. The number of para-hydroxylation sites is 1. The molecule has 3 nitrogen and oxygen atoms in total. The van der Waals surface area contributed by atoms with Crippen molar-refractivity contribution in [1.82, 2.24) is 4.98 Å². The smallest absolute Gasteiger partial charge is 0.132 e. The molecule has 0 amide bonds. The van der Waals surface area contributed by atoms with Gasteiger partial charge in [0.2, 0.25) is 0 Å². The molecule has 1 aromatic carbocycles. The molecule has 0 saturated carbocycles. The van der Waals surface area contributed by atoms with E-state index in [0.29, 0.717) is 0 Å². The highest BCUT2D eigenvalue weighted by Crippen LogP contribution is 2.26. The number of anilines is 1. The Morgan fingerprint density at radius 2 is 2.21 bits per heavy atom. The van der Waals surface area contributed by atoms with Crippen LogP contribution in [-0.2, 0) is 4.79 Å². The second-order valence-electron chi connectivity index (χ2n) is 5.31. The third kappa shape index (κ3) is 2.33. The molecular formula is C16H18N2O. The SMILES string of the molecule is Cc1cc2ccccc2nc1N1CCCC(C=O)C1. The van der Waals surface area contributed by atoms with Gasteiger partial charge < -0.3 is 9.69 Å². The summed E-state index contributed by atoms with van der Waals surface area (Å²) in [4.78, 5) is 18.0. The minimum absolute atomic E-state index is 0.154. The van der Waals surface area contributed by atoms with E-state index < -0.39 is 0 Å². The van der Waals surface area contributed by atoms with Crippen LogP contribution in [-0.4, -0.2) is 24.4 Å². The van der Waals surface area contributed by atoms with Crippen molar-refractivity contribution >= 4 is 23.0 Å². The number of aryl methyl sites for hydroxylation is 1. The van der Waals surface area contributed by atoms with E-state index in [1.807, 2.05) is 18.2 Å². The van der Waals surface area contributed by atoms with Gasteiger partial charge in [0.05, 0.1) is 5.52 Å². The predicted molar refractivity (Wildman–Crippen MR) is 77.5 cm³/mol. The third-order valence-corrected chi connectivity index (χ3v) is 3.84. The van der Waals surface area contributed by atoms with Crippen molar-refractivity contribution in [2.75, 3.05) is 18.0 Å². The number of hydrogen-bond acceptors (Lipinski definition) is 3. The van der Waals surface area contributed by atoms with Crippen molar-refractivity contribution in [3.63, 3.8) is 0 Å². The Morgan fingerprint density at radius 1 is 1.37 bits per heavy atom. The fourth-order valence-corrected chi connectivity index (χ4v) is 2.85. The number of rotatable bonds is 2. The van der Waals surface area contributed by atoms with E-state index in [1.165, 1.54) is 10.9 Å². The highest BCUT2D eigenvalue weighted by molar-refractivity contribution is 5.81. The number of fused-ring (bicyclic) bond motifs is 1. The molecule has 1 unspecified atom stereocenters. The first-order chi connectivity index (χ1) is 9.28. The van der Waals surface area contributed by atoms with Gasteiger partial charge in [0.25, 0.3) is 0 Å². The maximum atomic E-state index is 11.0. The van der Waals surface area contributed by atoms with Crippen molar-refractivity contribution < 1.29 is 4.79 Å². The summed E-state index contributed by atoms with van der Waals surface area (Å²) in [6.45, 7) is 3.89. The lowest BCUT2D eigenvalue weighted by molar-refractivity contribution is -0.111. The molecule has 1 aromatic heterocycles. The summed E-state index contributed by atoms with van der Waals surface area (Å²) in [5.41, 5.74) is 2.21. The van der Waals surface area contributed by atoms with Crippen LogP contribution in [0.25, 0.3) is 10.9 Å². The zero-order chi connectivity index (χ0) is 13.2. The molecule has 2 heterocycles. The first kappa shape index (κ1) is 12.2. The van der Waals surface area contributed by atoms with Crippen molar-refractivity contribution in [1.29, 1.82) is 0 Å². The number of aldehydes is 1. The van der Waals surface area contributed by atoms with Crippen LogP contribution in [0.5, 0.6) is 0 Å². The molecule has 1 aliphatic heterocycles. The van der Waals surface area contributed by atoms with E-state index in [0.717, 1.165) is 43.6 Å². The Kier molecular flexibility index (Phi) is 3.20. The number of hydrogen-bond donors (Lipinski definition) is 0. The summed E-state index contributed by atoms with van der Waals surface area (Å²) in [5, 5.41) is 1.17. The average molecular weight is 254 g/mol. The summed E-state index contributed by atoms with van der Waals surface area (Å²) in [5.74, 6) is 1.19. The molecule has 1 fully saturated rings. The van der Waals surface area contributed by atoms with Gasteiger partial charge >= 0.3 is 0 Å². The minimum atomic E-state index is 0.154. The Labute approximate surface area is 113 Å². The molecule has 19 heavy (non-hydrogen) atoms. The lowest BCUT2D eigenvalue weighted by Gasteiger charge is -2.32. The van der Waals surface area contributed by atoms with Gasteiger partial charge in [-0.2, -0.15) is 0 Å². The molecule has 0 aliphatic carbocycles. The first-order valence-corrected chi connectivity index (χ1v) is 6.84. The van der Waals surface area contributed by atoms with Gasteiger partial charge in [-0.3, -0.25) is 0 Å². The van der Waals surface area contributed by atoms with Crippen LogP contribution < -0.4 is 4.90 Å². The van der Waals surface area contributed by atoms with E-state index in [2.05, 4.69) is 24.0 Å². The second-order valence-corrected chi connectivity index (χ2v) is 5.31. The van der Waals surface area contributed by atoms with Gasteiger partial charge in [-0.15, -0.1) is 0 Å². The third-order valence-electron chi connectivity index (χ3n) is 3.84. The van der Waals surface area contributed by atoms with Crippen LogP contribution in [0, 0.1) is 12.8 Å². The number of carbonyl (C=O) groups excluding carboxylic acids is 1. The molecule has 0 N–H and O–H groups in total. The monoisotopic (exact) mass is 254 g/mol. The Hall–Kier alpha value is -1.90. The van der Waals surface area contributed by atoms with E-state index in [-0.39, 0.29) is 5.92 Å². The summed E-state index contributed by atoms with van der Waals surface area (Å²) >= 11 is 0. The Bertz CT molecular complexity index is 609. The number of piperidine rings is 1. The van der Waals surface area contributed by atoms with Crippen LogP contribution in [0.3, 0.4) is 0 Å². The van der Waals surface area contributed by atoms with E-state index in [9.17, 15) is 4.79 Å². The minimum Gasteiger partial charge on any atom is -0.356 e. The van der Waals surface area contributed by atoms with E-state index in [1.54, 1.807) is 0 Å². The van der Waals surface area contributed by atoms with Crippen molar-refractivity contribution in [3.8, 4) is 0 Å². The molecule has 1 atom stereocenters. The van der Waals surface area contributed by atoms with Crippen LogP contribution in [0.2, 0.25) is 0 Å². The van der Waals surface area contributed by atoms with Gasteiger partial charge in [-0.25, -0.2) is 4.98 Å². The molecule has 98 valence electrons. The average Bonchev–Trinajstić information content (AvgIpc) is 2.46. The Balaban J connectivity index is 1.99. The van der Waals surface area contributed by atoms with Crippen LogP contribution in [0.15, 0.2) is 30.3 Å².